The Morgan fingerprint density at radius 2 is 2.14 bits per heavy atom. The first-order chi connectivity index (χ1) is 6.40. The van der Waals surface area contributed by atoms with Gasteiger partial charge in [-0.05, 0) is 20.9 Å². The van der Waals surface area contributed by atoms with Crippen LogP contribution in [0.5, 0.6) is 0 Å². The van der Waals surface area contributed by atoms with Crippen molar-refractivity contribution in [1.82, 2.24) is 9.80 Å². The quantitative estimate of drug-likeness (QED) is 0.610. The Labute approximate surface area is 85.1 Å². The van der Waals surface area contributed by atoms with Gasteiger partial charge in [-0.3, -0.25) is 9.69 Å². The molecule has 1 rings (SSSR count). The van der Waals surface area contributed by atoms with Crippen molar-refractivity contribution in [2.45, 2.75) is 31.8 Å². The fourth-order valence-corrected chi connectivity index (χ4v) is 1.87. The molecular weight excluding hydrogens is 178 g/mol. The number of hydrogen-bond acceptors (Lipinski definition) is 3. The summed E-state index contributed by atoms with van der Waals surface area (Å²) in [5.41, 5.74) is -0.141. The minimum absolute atomic E-state index is 0.0466. The summed E-state index contributed by atoms with van der Waals surface area (Å²) in [5.74, 6) is 0.0466. The lowest BCUT2D eigenvalue weighted by atomic mass is 9.95. The first-order valence-electron chi connectivity index (χ1n) is 4.75. The second-order valence-electron chi connectivity index (χ2n) is 4.50. The van der Waals surface area contributed by atoms with Crippen LogP contribution in [0.3, 0.4) is 0 Å². The highest BCUT2D eigenvalue weighted by Crippen LogP contribution is 2.23. The summed E-state index contributed by atoms with van der Waals surface area (Å²) in [4.78, 5) is 15.6. The molecule has 0 bridgehead atoms. The van der Waals surface area contributed by atoms with Crippen LogP contribution in [0.2, 0.25) is 0 Å². The zero-order valence-electron chi connectivity index (χ0n) is 9.24. The first kappa shape index (κ1) is 11.0. The van der Waals surface area contributed by atoms with Crippen molar-refractivity contribution in [2.24, 2.45) is 0 Å². The fraction of sp³-hybridized carbons (Fsp3) is 0.800. The van der Waals surface area contributed by atoms with E-state index in [1.807, 2.05) is 25.8 Å². The van der Waals surface area contributed by atoms with Crippen LogP contribution in [-0.4, -0.2) is 47.9 Å². The Morgan fingerprint density at radius 3 is 2.64 bits per heavy atom. The van der Waals surface area contributed by atoms with Gasteiger partial charge in [-0.2, -0.15) is 5.26 Å². The smallest absolute Gasteiger partial charge is 0.241 e. The lowest BCUT2D eigenvalue weighted by Gasteiger charge is -2.47. The Balaban J connectivity index is 2.86. The van der Waals surface area contributed by atoms with Crippen molar-refractivity contribution < 1.29 is 4.79 Å². The number of hydrogen-bond donors (Lipinski definition) is 0. The summed E-state index contributed by atoms with van der Waals surface area (Å²) < 4.78 is 0. The molecular formula is C10H17N3O. The van der Waals surface area contributed by atoms with Crippen molar-refractivity contribution in [3.05, 3.63) is 0 Å². The SMILES string of the molecule is CN1CC(C)(C)N(C)C(=O)C1CC#N. The van der Waals surface area contributed by atoms with Crippen LogP contribution >= 0.6 is 0 Å². The Hall–Kier alpha value is -1.08. The molecule has 78 valence electrons. The standard InChI is InChI=1S/C10H17N3O/c1-10(2)7-12(3)8(5-6-11)9(14)13(10)4/h8H,5,7H2,1-4H3. The summed E-state index contributed by atoms with van der Waals surface area (Å²) in [6.45, 7) is 4.87. The van der Waals surface area contributed by atoms with E-state index in [1.165, 1.54) is 0 Å². The highest BCUT2D eigenvalue weighted by Gasteiger charge is 2.40. The number of rotatable bonds is 1. The van der Waals surface area contributed by atoms with Gasteiger partial charge in [0.25, 0.3) is 0 Å². The van der Waals surface area contributed by atoms with Crippen LogP contribution in [0, 0.1) is 11.3 Å². The van der Waals surface area contributed by atoms with E-state index in [2.05, 4.69) is 6.07 Å². The molecule has 0 saturated carbocycles. The van der Waals surface area contributed by atoms with Gasteiger partial charge >= 0.3 is 0 Å². The predicted octanol–water partition coefficient (Wildman–Crippen LogP) is 0.451. The van der Waals surface area contributed by atoms with Crippen molar-refractivity contribution in [2.75, 3.05) is 20.6 Å². The number of carbonyl (C=O) groups excluding carboxylic acids is 1. The van der Waals surface area contributed by atoms with Gasteiger partial charge in [-0.25, -0.2) is 0 Å². The van der Waals surface area contributed by atoms with Gasteiger partial charge in [0, 0.05) is 19.1 Å². The van der Waals surface area contributed by atoms with Gasteiger partial charge in [0.2, 0.25) is 5.91 Å². The van der Waals surface area contributed by atoms with Crippen molar-refractivity contribution in [3.63, 3.8) is 0 Å². The molecule has 4 nitrogen and oxygen atoms in total. The molecule has 1 aliphatic heterocycles. The third kappa shape index (κ3) is 1.73. The second-order valence-corrected chi connectivity index (χ2v) is 4.50. The van der Waals surface area contributed by atoms with E-state index in [0.29, 0.717) is 0 Å². The summed E-state index contributed by atoms with van der Waals surface area (Å²) in [5, 5.41) is 8.62. The van der Waals surface area contributed by atoms with Gasteiger partial charge < -0.3 is 4.90 Å². The molecule has 0 radical (unpaired) electrons. The summed E-state index contributed by atoms with van der Waals surface area (Å²) in [6, 6.07) is 1.79. The molecule has 0 aromatic rings. The number of likely N-dealkylation sites (N-methyl/N-ethyl adjacent to an activating group) is 2. The van der Waals surface area contributed by atoms with Crippen molar-refractivity contribution in [3.8, 4) is 6.07 Å². The summed E-state index contributed by atoms with van der Waals surface area (Å²) in [6.07, 6.45) is 0.274. The zero-order chi connectivity index (χ0) is 10.9. The molecule has 1 atom stereocenters. The number of nitriles is 1. The molecule has 1 heterocycles. The van der Waals surface area contributed by atoms with Gasteiger partial charge in [0.1, 0.15) is 6.04 Å². The van der Waals surface area contributed by atoms with E-state index in [0.717, 1.165) is 6.54 Å². The maximum Gasteiger partial charge on any atom is 0.241 e. The van der Waals surface area contributed by atoms with Gasteiger partial charge in [-0.1, -0.05) is 0 Å². The maximum atomic E-state index is 11.9. The summed E-state index contributed by atoms with van der Waals surface area (Å²) >= 11 is 0. The largest absolute Gasteiger partial charge is 0.338 e. The molecule has 14 heavy (non-hydrogen) atoms. The van der Waals surface area contributed by atoms with Crippen LogP contribution in [0.1, 0.15) is 20.3 Å². The van der Waals surface area contributed by atoms with E-state index >= 15 is 0 Å². The second kappa shape index (κ2) is 3.58. The molecule has 1 aliphatic rings. The Morgan fingerprint density at radius 1 is 1.57 bits per heavy atom. The van der Waals surface area contributed by atoms with Crippen molar-refractivity contribution >= 4 is 5.91 Å². The molecule has 0 aromatic heterocycles. The molecule has 1 saturated heterocycles. The summed E-state index contributed by atoms with van der Waals surface area (Å²) in [7, 11) is 3.70. The van der Waals surface area contributed by atoms with E-state index in [1.54, 1.807) is 11.9 Å². The van der Waals surface area contributed by atoms with Crippen LogP contribution in [0.4, 0.5) is 0 Å². The average Bonchev–Trinajstić information content (AvgIpc) is 2.08. The monoisotopic (exact) mass is 195 g/mol. The minimum atomic E-state index is -0.266. The van der Waals surface area contributed by atoms with Crippen LogP contribution in [-0.2, 0) is 4.79 Å². The van der Waals surface area contributed by atoms with Crippen LogP contribution in [0.25, 0.3) is 0 Å². The van der Waals surface area contributed by atoms with Crippen molar-refractivity contribution in [1.29, 1.82) is 5.26 Å². The van der Waals surface area contributed by atoms with Crippen LogP contribution < -0.4 is 0 Å². The number of piperazine rings is 1. The maximum absolute atomic E-state index is 11.9. The third-order valence-electron chi connectivity index (χ3n) is 2.98. The normalized spacial score (nSPS) is 27.5. The predicted molar refractivity (Wildman–Crippen MR) is 53.5 cm³/mol. The van der Waals surface area contributed by atoms with E-state index in [9.17, 15) is 4.79 Å². The minimum Gasteiger partial charge on any atom is -0.338 e. The molecule has 4 heteroatoms. The van der Waals surface area contributed by atoms with E-state index in [-0.39, 0.29) is 23.9 Å². The number of nitrogens with zero attached hydrogens (tertiary/aromatic N) is 3. The Bertz CT molecular complexity index is 280. The molecule has 0 N–H and O–H groups in total. The molecule has 1 amide bonds. The van der Waals surface area contributed by atoms with Crippen LogP contribution in [0.15, 0.2) is 0 Å². The molecule has 1 fully saturated rings. The van der Waals surface area contributed by atoms with Gasteiger partial charge in [-0.15, -0.1) is 0 Å². The Kier molecular flexibility index (Phi) is 2.81. The van der Waals surface area contributed by atoms with Gasteiger partial charge in [0.15, 0.2) is 0 Å². The first-order valence-corrected chi connectivity index (χ1v) is 4.75. The molecule has 0 spiro atoms. The molecule has 0 aromatic carbocycles. The van der Waals surface area contributed by atoms with E-state index < -0.39 is 0 Å². The third-order valence-corrected chi connectivity index (χ3v) is 2.98. The lowest BCUT2D eigenvalue weighted by molar-refractivity contribution is -0.147. The van der Waals surface area contributed by atoms with E-state index in [4.69, 9.17) is 5.26 Å². The fourth-order valence-electron chi connectivity index (χ4n) is 1.87. The lowest BCUT2D eigenvalue weighted by Crippen LogP contribution is -2.63. The average molecular weight is 195 g/mol. The zero-order valence-corrected chi connectivity index (χ0v) is 9.24. The molecule has 0 aliphatic carbocycles. The van der Waals surface area contributed by atoms with Gasteiger partial charge in [0.05, 0.1) is 12.5 Å². The highest BCUT2D eigenvalue weighted by molar-refractivity contribution is 5.83. The number of amides is 1. The number of carbonyl (C=O) groups is 1. The topological polar surface area (TPSA) is 47.3 Å². The molecule has 1 unspecified atom stereocenters. The highest BCUT2D eigenvalue weighted by atomic mass is 16.2.